The molecule has 1 saturated heterocycles. The molecule has 27 heavy (non-hydrogen) atoms. The van der Waals surface area contributed by atoms with Crippen LogP contribution in [0.4, 0.5) is 0 Å². The molecule has 0 aromatic heterocycles. The van der Waals surface area contributed by atoms with E-state index in [-0.39, 0.29) is 11.8 Å². The summed E-state index contributed by atoms with van der Waals surface area (Å²) in [6, 6.07) is 15.2. The zero-order valence-electron chi connectivity index (χ0n) is 14.9. The van der Waals surface area contributed by atoms with Crippen molar-refractivity contribution in [2.75, 3.05) is 13.1 Å². The lowest BCUT2D eigenvalue weighted by Gasteiger charge is -2.32. The van der Waals surface area contributed by atoms with Gasteiger partial charge >= 0.3 is 0 Å². The van der Waals surface area contributed by atoms with Gasteiger partial charge in [-0.2, -0.15) is 5.26 Å². The van der Waals surface area contributed by atoms with Crippen molar-refractivity contribution in [2.24, 2.45) is 5.92 Å². The molecule has 2 aromatic rings. The van der Waals surface area contributed by atoms with E-state index >= 15 is 0 Å². The molecule has 0 aliphatic carbocycles. The van der Waals surface area contributed by atoms with E-state index in [0.29, 0.717) is 22.2 Å². The molecule has 3 rings (SSSR count). The second-order valence-electron chi connectivity index (χ2n) is 6.85. The molecule has 1 N–H and O–H groups in total. The topological polar surface area (TPSA) is 56.1 Å². The summed E-state index contributed by atoms with van der Waals surface area (Å²) in [4.78, 5) is 14.9. The van der Waals surface area contributed by atoms with Gasteiger partial charge in [0.15, 0.2) is 0 Å². The fourth-order valence-corrected chi connectivity index (χ4v) is 3.71. The molecule has 1 unspecified atom stereocenters. The van der Waals surface area contributed by atoms with Gasteiger partial charge in [0.25, 0.3) is 0 Å². The van der Waals surface area contributed by atoms with E-state index in [4.69, 9.17) is 28.5 Å². The SMILES string of the molecule is N#Cc1cccc(CN2CCCC(C(=O)NCc3ccc(Cl)c(Cl)c3)C2)c1. The minimum Gasteiger partial charge on any atom is -0.352 e. The summed E-state index contributed by atoms with van der Waals surface area (Å²) in [5, 5.41) is 13.0. The lowest BCUT2D eigenvalue weighted by molar-refractivity contribution is -0.126. The number of carbonyl (C=O) groups is 1. The molecule has 1 fully saturated rings. The third kappa shape index (κ3) is 5.46. The number of benzene rings is 2. The quantitative estimate of drug-likeness (QED) is 0.807. The number of carbonyl (C=O) groups excluding carboxylic acids is 1. The maximum absolute atomic E-state index is 12.6. The lowest BCUT2D eigenvalue weighted by Crippen LogP contribution is -2.42. The van der Waals surface area contributed by atoms with Gasteiger partial charge in [-0.25, -0.2) is 0 Å². The Balaban J connectivity index is 1.54. The Morgan fingerprint density at radius 1 is 1.19 bits per heavy atom. The summed E-state index contributed by atoms with van der Waals surface area (Å²) in [6.07, 6.45) is 1.88. The first kappa shape index (κ1) is 19.7. The number of hydrogen-bond donors (Lipinski definition) is 1. The first-order valence-electron chi connectivity index (χ1n) is 8.98. The minimum atomic E-state index is -0.0272. The highest BCUT2D eigenvalue weighted by atomic mass is 35.5. The van der Waals surface area contributed by atoms with Crippen LogP contribution < -0.4 is 5.32 Å². The average Bonchev–Trinajstić information content (AvgIpc) is 2.69. The maximum Gasteiger partial charge on any atom is 0.224 e. The second kappa shape index (κ2) is 9.23. The molecule has 0 saturated carbocycles. The fraction of sp³-hybridized carbons (Fsp3) is 0.333. The van der Waals surface area contributed by atoms with Crippen molar-refractivity contribution < 1.29 is 4.79 Å². The Morgan fingerprint density at radius 3 is 2.81 bits per heavy atom. The Labute approximate surface area is 169 Å². The molecular weight excluding hydrogens is 381 g/mol. The highest BCUT2D eigenvalue weighted by molar-refractivity contribution is 6.42. The summed E-state index contributed by atoms with van der Waals surface area (Å²) in [6.45, 7) is 2.89. The van der Waals surface area contributed by atoms with Crippen LogP contribution in [0.3, 0.4) is 0 Å². The number of rotatable bonds is 5. The van der Waals surface area contributed by atoms with Crippen LogP contribution in [0.2, 0.25) is 10.0 Å². The first-order valence-corrected chi connectivity index (χ1v) is 9.74. The van der Waals surface area contributed by atoms with Crippen LogP contribution in [-0.4, -0.2) is 23.9 Å². The number of likely N-dealkylation sites (tertiary alicyclic amines) is 1. The highest BCUT2D eigenvalue weighted by Crippen LogP contribution is 2.23. The summed E-state index contributed by atoms with van der Waals surface area (Å²) < 4.78 is 0. The molecule has 1 aliphatic heterocycles. The summed E-state index contributed by atoms with van der Waals surface area (Å²) in [7, 11) is 0. The average molecular weight is 402 g/mol. The maximum atomic E-state index is 12.6. The molecule has 6 heteroatoms. The summed E-state index contributed by atoms with van der Waals surface area (Å²) >= 11 is 11.9. The van der Waals surface area contributed by atoms with Gasteiger partial charge in [0.1, 0.15) is 0 Å². The number of halogens is 2. The Bertz CT molecular complexity index is 863. The molecule has 0 radical (unpaired) electrons. The highest BCUT2D eigenvalue weighted by Gasteiger charge is 2.25. The van der Waals surface area contributed by atoms with E-state index in [2.05, 4.69) is 16.3 Å². The Morgan fingerprint density at radius 2 is 2.04 bits per heavy atom. The van der Waals surface area contributed by atoms with Gasteiger partial charge in [0, 0.05) is 19.6 Å². The number of piperidine rings is 1. The lowest BCUT2D eigenvalue weighted by atomic mass is 9.96. The molecule has 1 atom stereocenters. The van der Waals surface area contributed by atoms with Gasteiger partial charge in [-0.05, 0) is 54.8 Å². The molecule has 4 nitrogen and oxygen atoms in total. The van der Waals surface area contributed by atoms with Crippen LogP contribution >= 0.6 is 23.2 Å². The van der Waals surface area contributed by atoms with Crippen LogP contribution in [0.1, 0.15) is 29.5 Å². The zero-order chi connectivity index (χ0) is 19.2. The van der Waals surface area contributed by atoms with Gasteiger partial charge in [0.2, 0.25) is 5.91 Å². The van der Waals surface area contributed by atoms with Crippen LogP contribution in [0.5, 0.6) is 0 Å². The van der Waals surface area contributed by atoms with Crippen LogP contribution in [0, 0.1) is 17.2 Å². The molecule has 1 amide bonds. The number of amides is 1. The third-order valence-corrected chi connectivity index (χ3v) is 5.53. The molecular formula is C21H21Cl2N3O. The fourth-order valence-electron chi connectivity index (χ4n) is 3.39. The van der Waals surface area contributed by atoms with E-state index in [1.165, 1.54) is 0 Å². The summed E-state index contributed by atoms with van der Waals surface area (Å²) in [5.41, 5.74) is 2.70. The molecule has 1 aliphatic rings. The normalized spacial score (nSPS) is 17.3. The number of nitrogens with one attached hydrogen (secondary N) is 1. The molecule has 0 bridgehead atoms. The minimum absolute atomic E-state index is 0.0272. The van der Waals surface area contributed by atoms with Gasteiger partial charge in [-0.1, -0.05) is 41.4 Å². The number of nitriles is 1. The van der Waals surface area contributed by atoms with Crippen LogP contribution in [0.15, 0.2) is 42.5 Å². The van der Waals surface area contributed by atoms with Crippen molar-refractivity contribution in [2.45, 2.75) is 25.9 Å². The van der Waals surface area contributed by atoms with E-state index in [9.17, 15) is 4.79 Å². The molecule has 1 heterocycles. The van der Waals surface area contributed by atoms with Gasteiger partial charge in [-0.15, -0.1) is 0 Å². The zero-order valence-corrected chi connectivity index (χ0v) is 16.4. The number of hydrogen-bond acceptors (Lipinski definition) is 3. The van der Waals surface area contributed by atoms with Crippen molar-refractivity contribution in [3.63, 3.8) is 0 Å². The van der Waals surface area contributed by atoms with Gasteiger partial charge < -0.3 is 5.32 Å². The Hall–Kier alpha value is -2.06. The first-order chi connectivity index (χ1) is 13.0. The van der Waals surface area contributed by atoms with E-state index < -0.39 is 0 Å². The van der Waals surface area contributed by atoms with Crippen LogP contribution in [0.25, 0.3) is 0 Å². The summed E-state index contributed by atoms with van der Waals surface area (Å²) in [5.74, 6) is 0.0391. The molecule has 140 valence electrons. The van der Waals surface area contributed by atoms with Crippen molar-refractivity contribution in [3.8, 4) is 6.07 Å². The van der Waals surface area contributed by atoms with E-state index in [1.54, 1.807) is 18.2 Å². The van der Waals surface area contributed by atoms with Gasteiger partial charge in [-0.3, -0.25) is 9.69 Å². The second-order valence-corrected chi connectivity index (χ2v) is 7.67. The predicted molar refractivity (Wildman–Crippen MR) is 107 cm³/mol. The molecule has 0 spiro atoms. The number of nitrogens with zero attached hydrogens (tertiary/aromatic N) is 2. The van der Waals surface area contributed by atoms with Crippen molar-refractivity contribution in [3.05, 3.63) is 69.2 Å². The Kier molecular flexibility index (Phi) is 6.73. The van der Waals surface area contributed by atoms with Crippen LogP contribution in [-0.2, 0) is 17.9 Å². The predicted octanol–water partition coefficient (Wildman–Crippen LogP) is 4.39. The largest absolute Gasteiger partial charge is 0.352 e. The monoisotopic (exact) mass is 401 g/mol. The standard InChI is InChI=1S/C21H21Cl2N3O/c22-19-7-6-16(10-20(19)23)12-25-21(27)18-5-2-8-26(14-18)13-17-4-1-3-15(9-17)11-24/h1,3-4,6-7,9-10,18H,2,5,8,12-14H2,(H,25,27). The molecule has 2 aromatic carbocycles. The third-order valence-electron chi connectivity index (χ3n) is 4.79. The van der Waals surface area contributed by atoms with E-state index in [0.717, 1.165) is 43.6 Å². The van der Waals surface area contributed by atoms with Crippen molar-refractivity contribution in [1.29, 1.82) is 5.26 Å². The van der Waals surface area contributed by atoms with Crippen molar-refractivity contribution in [1.82, 2.24) is 10.2 Å². The smallest absolute Gasteiger partial charge is 0.224 e. The van der Waals surface area contributed by atoms with E-state index in [1.807, 2.05) is 24.3 Å². The van der Waals surface area contributed by atoms with Gasteiger partial charge in [0.05, 0.1) is 27.6 Å². The van der Waals surface area contributed by atoms with Crippen molar-refractivity contribution >= 4 is 29.1 Å².